The molecule has 7 heteroatoms. The van der Waals surface area contributed by atoms with Crippen molar-refractivity contribution in [1.82, 2.24) is 9.97 Å². The van der Waals surface area contributed by atoms with Crippen LogP contribution >= 0.6 is 0 Å². The standard InChI is InChI=1S/C20H20N2O4S/c1-15(23)10-11-19(27(24,25)14-16-7-3-2-4-8-16)20-22-13-18(26-20)17-9-5-6-12-21-17/h2-9,12-13,19H,10-11,14H2,1H3. The second kappa shape index (κ2) is 8.26. The molecule has 1 atom stereocenters. The summed E-state index contributed by atoms with van der Waals surface area (Å²) in [5.74, 6) is 0.269. The van der Waals surface area contributed by atoms with Crippen LogP contribution in [0.3, 0.4) is 0 Å². The second-order valence-electron chi connectivity index (χ2n) is 6.30. The van der Waals surface area contributed by atoms with Crippen molar-refractivity contribution in [3.8, 4) is 11.5 Å². The Kier molecular flexibility index (Phi) is 5.81. The van der Waals surface area contributed by atoms with Gasteiger partial charge in [-0.3, -0.25) is 4.98 Å². The van der Waals surface area contributed by atoms with E-state index in [0.717, 1.165) is 0 Å². The van der Waals surface area contributed by atoms with Gasteiger partial charge in [-0.1, -0.05) is 36.4 Å². The van der Waals surface area contributed by atoms with Gasteiger partial charge in [-0.05, 0) is 31.0 Å². The summed E-state index contributed by atoms with van der Waals surface area (Å²) in [6, 6.07) is 14.3. The zero-order valence-electron chi connectivity index (χ0n) is 14.9. The number of aromatic nitrogens is 2. The molecule has 2 heterocycles. The van der Waals surface area contributed by atoms with Gasteiger partial charge in [-0.2, -0.15) is 0 Å². The Balaban J connectivity index is 1.91. The summed E-state index contributed by atoms with van der Waals surface area (Å²) >= 11 is 0. The van der Waals surface area contributed by atoms with E-state index in [1.54, 1.807) is 42.6 Å². The summed E-state index contributed by atoms with van der Waals surface area (Å²) in [6.07, 6.45) is 3.36. The molecule has 3 aromatic rings. The molecular formula is C20H20N2O4S. The molecule has 3 rings (SSSR count). The zero-order valence-corrected chi connectivity index (χ0v) is 15.7. The molecule has 0 N–H and O–H groups in total. The lowest BCUT2D eigenvalue weighted by molar-refractivity contribution is -0.117. The molecule has 0 radical (unpaired) electrons. The van der Waals surface area contributed by atoms with Crippen LogP contribution in [0.2, 0.25) is 0 Å². The molecule has 6 nitrogen and oxygen atoms in total. The summed E-state index contributed by atoms with van der Waals surface area (Å²) < 4.78 is 31.8. The van der Waals surface area contributed by atoms with Crippen LogP contribution < -0.4 is 0 Å². The summed E-state index contributed by atoms with van der Waals surface area (Å²) in [4.78, 5) is 19.8. The summed E-state index contributed by atoms with van der Waals surface area (Å²) in [5.41, 5.74) is 1.25. The number of carbonyl (C=O) groups excluding carboxylic acids is 1. The molecule has 27 heavy (non-hydrogen) atoms. The van der Waals surface area contributed by atoms with Crippen molar-refractivity contribution < 1.29 is 17.6 Å². The van der Waals surface area contributed by atoms with Gasteiger partial charge in [0, 0.05) is 12.6 Å². The fraction of sp³-hybridized carbons (Fsp3) is 0.250. The number of hydrogen-bond donors (Lipinski definition) is 0. The maximum Gasteiger partial charge on any atom is 0.213 e. The van der Waals surface area contributed by atoms with Crippen LogP contribution in [0.4, 0.5) is 0 Å². The van der Waals surface area contributed by atoms with Crippen LogP contribution in [0, 0.1) is 0 Å². The molecule has 2 aromatic heterocycles. The third-order valence-electron chi connectivity index (χ3n) is 4.12. The van der Waals surface area contributed by atoms with Gasteiger partial charge in [0.2, 0.25) is 5.89 Å². The smallest absolute Gasteiger partial charge is 0.213 e. The van der Waals surface area contributed by atoms with Crippen molar-refractivity contribution in [3.63, 3.8) is 0 Å². The number of pyridine rings is 1. The van der Waals surface area contributed by atoms with E-state index in [4.69, 9.17) is 4.42 Å². The van der Waals surface area contributed by atoms with Gasteiger partial charge in [0.05, 0.1) is 11.9 Å². The third-order valence-corrected chi connectivity index (χ3v) is 6.16. The minimum Gasteiger partial charge on any atom is -0.438 e. The minimum absolute atomic E-state index is 0.0774. The molecule has 0 spiro atoms. The Hall–Kier alpha value is -2.80. The highest BCUT2D eigenvalue weighted by Gasteiger charge is 2.32. The van der Waals surface area contributed by atoms with Gasteiger partial charge in [0.1, 0.15) is 16.7 Å². The van der Waals surface area contributed by atoms with Crippen LogP contribution in [0.15, 0.2) is 65.3 Å². The fourth-order valence-electron chi connectivity index (χ4n) is 2.76. The van der Waals surface area contributed by atoms with Crippen LogP contribution in [0.25, 0.3) is 11.5 Å². The lowest BCUT2D eigenvalue weighted by Crippen LogP contribution is -2.17. The molecule has 0 saturated heterocycles. The highest BCUT2D eigenvalue weighted by atomic mass is 32.2. The Bertz CT molecular complexity index is 999. The van der Waals surface area contributed by atoms with Crippen LogP contribution in [-0.2, 0) is 20.4 Å². The highest BCUT2D eigenvalue weighted by molar-refractivity contribution is 7.90. The van der Waals surface area contributed by atoms with Crippen LogP contribution in [0.5, 0.6) is 0 Å². The number of sulfone groups is 1. The van der Waals surface area contributed by atoms with Crippen LogP contribution in [0.1, 0.15) is 36.5 Å². The average Bonchev–Trinajstić information content (AvgIpc) is 3.12. The van der Waals surface area contributed by atoms with Gasteiger partial charge in [-0.25, -0.2) is 13.4 Å². The number of nitrogens with zero attached hydrogens (tertiary/aromatic N) is 2. The monoisotopic (exact) mass is 384 g/mol. The lowest BCUT2D eigenvalue weighted by atomic mass is 10.2. The second-order valence-corrected chi connectivity index (χ2v) is 8.48. The van der Waals surface area contributed by atoms with Crippen molar-refractivity contribution in [3.05, 3.63) is 72.4 Å². The molecule has 0 fully saturated rings. The van der Waals surface area contributed by atoms with E-state index in [-0.39, 0.29) is 30.3 Å². The Morgan fingerprint density at radius 1 is 1.07 bits per heavy atom. The van der Waals surface area contributed by atoms with Crippen molar-refractivity contribution in [1.29, 1.82) is 0 Å². The SMILES string of the molecule is CC(=O)CCC(c1ncc(-c2ccccn2)o1)S(=O)(=O)Cc1ccccc1. The Labute approximate surface area is 158 Å². The molecule has 140 valence electrons. The van der Waals surface area contributed by atoms with Crippen molar-refractivity contribution in [2.75, 3.05) is 0 Å². The van der Waals surface area contributed by atoms with Gasteiger partial charge in [0.25, 0.3) is 0 Å². The summed E-state index contributed by atoms with van der Waals surface area (Å²) in [6.45, 7) is 1.44. The number of hydrogen-bond acceptors (Lipinski definition) is 6. The number of rotatable bonds is 8. The minimum atomic E-state index is -3.62. The van der Waals surface area contributed by atoms with E-state index in [2.05, 4.69) is 9.97 Å². The maximum absolute atomic E-state index is 13.0. The van der Waals surface area contributed by atoms with E-state index in [1.165, 1.54) is 13.1 Å². The van der Waals surface area contributed by atoms with Crippen molar-refractivity contribution in [2.45, 2.75) is 30.8 Å². The Morgan fingerprint density at radius 2 is 1.81 bits per heavy atom. The predicted molar refractivity (Wildman–Crippen MR) is 101 cm³/mol. The first-order valence-electron chi connectivity index (χ1n) is 8.58. The van der Waals surface area contributed by atoms with Gasteiger partial charge in [0.15, 0.2) is 15.6 Å². The first-order chi connectivity index (χ1) is 13.0. The van der Waals surface area contributed by atoms with Gasteiger partial charge < -0.3 is 9.21 Å². The number of ketones is 1. The molecule has 0 saturated carbocycles. The van der Waals surface area contributed by atoms with E-state index in [9.17, 15) is 13.2 Å². The maximum atomic E-state index is 13.0. The van der Waals surface area contributed by atoms with E-state index < -0.39 is 15.1 Å². The summed E-state index contributed by atoms with van der Waals surface area (Å²) in [7, 11) is -3.62. The third kappa shape index (κ3) is 4.89. The topological polar surface area (TPSA) is 90.1 Å². The molecule has 0 aliphatic rings. The van der Waals surface area contributed by atoms with Gasteiger partial charge in [-0.15, -0.1) is 0 Å². The molecular weight excluding hydrogens is 364 g/mol. The number of benzene rings is 1. The largest absolute Gasteiger partial charge is 0.438 e. The van der Waals surface area contributed by atoms with E-state index in [1.807, 2.05) is 12.1 Å². The lowest BCUT2D eigenvalue weighted by Gasteiger charge is -2.14. The highest BCUT2D eigenvalue weighted by Crippen LogP contribution is 2.32. The number of Topliss-reactive ketones (excluding diaryl/α,β-unsaturated/α-hetero) is 1. The van der Waals surface area contributed by atoms with Crippen molar-refractivity contribution in [2.24, 2.45) is 0 Å². The molecule has 1 aromatic carbocycles. The average molecular weight is 384 g/mol. The van der Waals surface area contributed by atoms with Crippen LogP contribution in [-0.4, -0.2) is 24.2 Å². The van der Waals surface area contributed by atoms with Gasteiger partial charge >= 0.3 is 0 Å². The first kappa shape index (κ1) is 19.0. The predicted octanol–water partition coefficient (Wildman–Crippen LogP) is 3.76. The van der Waals surface area contributed by atoms with E-state index in [0.29, 0.717) is 17.0 Å². The first-order valence-corrected chi connectivity index (χ1v) is 10.3. The molecule has 1 unspecified atom stereocenters. The zero-order chi connectivity index (χ0) is 19.3. The molecule has 0 amide bonds. The Morgan fingerprint density at radius 3 is 2.48 bits per heavy atom. The number of carbonyl (C=O) groups is 1. The number of oxazole rings is 1. The quantitative estimate of drug-likeness (QED) is 0.587. The molecule has 0 aliphatic heterocycles. The summed E-state index contributed by atoms with van der Waals surface area (Å²) in [5, 5.41) is -0.987. The molecule has 0 bridgehead atoms. The molecule has 0 aliphatic carbocycles. The van der Waals surface area contributed by atoms with Crippen molar-refractivity contribution >= 4 is 15.6 Å². The fourth-order valence-corrected chi connectivity index (χ4v) is 4.51. The normalized spacial score (nSPS) is 12.6. The van der Waals surface area contributed by atoms with E-state index >= 15 is 0 Å².